The van der Waals surface area contributed by atoms with Gasteiger partial charge in [-0.25, -0.2) is 0 Å². The van der Waals surface area contributed by atoms with Crippen molar-refractivity contribution in [1.82, 2.24) is 0 Å². The number of hydrogen-bond donors (Lipinski definition) is 0. The average molecular weight is 281 g/mol. The smallest absolute Gasteiger partial charge is 0.154 e. The molecule has 0 amide bonds. The lowest BCUT2D eigenvalue weighted by Gasteiger charge is -2.36. The normalized spacial score (nSPS) is 16.4. The van der Waals surface area contributed by atoms with E-state index >= 15 is 0 Å². The number of hydrogen-bond acceptors (Lipinski definition) is 2. The summed E-state index contributed by atoms with van der Waals surface area (Å²) in [4.78, 5) is 0. The molecule has 0 unspecified atom stereocenters. The van der Waals surface area contributed by atoms with Gasteiger partial charge in [0, 0.05) is 0 Å². The van der Waals surface area contributed by atoms with Crippen molar-refractivity contribution in [3.63, 3.8) is 0 Å². The van der Waals surface area contributed by atoms with E-state index in [1.54, 1.807) is 0 Å². The molecule has 20 heavy (non-hydrogen) atoms. The first-order chi connectivity index (χ1) is 9.31. The molecule has 0 saturated heterocycles. The van der Waals surface area contributed by atoms with Gasteiger partial charge in [-0.1, -0.05) is 66.7 Å². The lowest BCUT2D eigenvalue weighted by atomic mass is 9.87. The lowest BCUT2D eigenvalue weighted by Crippen LogP contribution is -2.39. The summed E-state index contributed by atoms with van der Waals surface area (Å²) in [6.45, 7) is 13.0. The first-order valence-electron chi connectivity index (χ1n) is 8.40. The summed E-state index contributed by atoms with van der Waals surface area (Å²) in [7, 11) is 0. The first kappa shape index (κ1) is 19.4. The minimum Gasteiger partial charge on any atom is -0.357 e. The molecule has 0 bridgehead atoms. The first-order valence-corrected chi connectivity index (χ1v) is 8.40. The van der Waals surface area contributed by atoms with E-state index in [2.05, 4.69) is 47.6 Å². The maximum atomic E-state index is 9.65. The molecule has 0 rings (SSSR count). The Labute approximate surface area is 126 Å². The van der Waals surface area contributed by atoms with Gasteiger partial charge in [0.15, 0.2) is 5.60 Å². The quantitative estimate of drug-likeness (QED) is 0.470. The molecule has 0 saturated carbocycles. The Morgan fingerprint density at radius 1 is 0.950 bits per heavy atom. The van der Waals surface area contributed by atoms with Crippen LogP contribution in [0.15, 0.2) is 0 Å². The predicted molar refractivity (Wildman–Crippen MR) is 86.6 cm³/mol. The van der Waals surface area contributed by atoms with E-state index in [0.717, 1.165) is 25.7 Å². The van der Waals surface area contributed by atoms with E-state index in [-0.39, 0.29) is 11.5 Å². The van der Waals surface area contributed by atoms with Crippen molar-refractivity contribution >= 4 is 0 Å². The van der Waals surface area contributed by atoms with Gasteiger partial charge in [-0.2, -0.15) is 5.26 Å². The molecule has 2 nitrogen and oxygen atoms in total. The Morgan fingerprint density at radius 2 is 1.55 bits per heavy atom. The van der Waals surface area contributed by atoms with Crippen LogP contribution in [0.2, 0.25) is 0 Å². The van der Waals surface area contributed by atoms with Crippen molar-refractivity contribution in [3.8, 4) is 6.07 Å². The summed E-state index contributed by atoms with van der Waals surface area (Å²) in [6.07, 6.45) is 8.97. The van der Waals surface area contributed by atoms with Crippen LogP contribution in [0, 0.1) is 16.7 Å². The SMILES string of the molecule is CCCCCCC[C@@](C#N)(CCC)O[C@H](C)C(C)(C)C. The van der Waals surface area contributed by atoms with E-state index in [4.69, 9.17) is 4.74 Å². The molecule has 0 aromatic heterocycles. The number of nitriles is 1. The summed E-state index contributed by atoms with van der Waals surface area (Å²) in [6, 6.07) is 2.49. The van der Waals surface area contributed by atoms with Gasteiger partial charge in [0.2, 0.25) is 0 Å². The molecular weight excluding hydrogens is 246 g/mol. The van der Waals surface area contributed by atoms with Crippen molar-refractivity contribution in [3.05, 3.63) is 0 Å². The van der Waals surface area contributed by atoms with Crippen molar-refractivity contribution < 1.29 is 4.74 Å². The predicted octanol–water partition coefficient (Wildman–Crippen LogP) is 5.86. The van der Waals surface area contributed by atoms with Crippen LogP contribution in [-0.2, 0) is 4.74 Å². The second-order valence-electron chi connectivity index (χ2n) is 7.15. The Hall–Kier alpha value is -0.550. The molecule has 0 aromatic carbocycles. The van der Waals surface area contributed by atoms with E-state index in [0.29, 0.717) is 0 Å². The third kappa shape index (κ3) is 7.29. The van der Waals surface area contributed by atoms with E-state index in [9.17, 15) is 5.26 Å². The molecule has 118 valence electrons. The van der Waals surface area contributed by atoms with Gasteiger partial charge in [-0.3, -0.25) is 0 Å². The Balaban J connectivity index is 4.55. The Bertz CT molecular complexity index is 287. The maximum absolute atomic E-state index is 9.65. The second-order valence-corrected chi connectivity index (χ2v) is 7.15. The monoisotopic (exact) mass is 281 g/mol. The minimum absolute atomic E-state index is 0.0814. The van der Waals surface area contributed by atoms with E-state index in [1.807, 2.05) is 0 Å². The van der Waals surface area contributed by atoms with Gasteiger partial charge in [0.05, 0.1) is 12.2 Å². The van der Waals surface area contributed by atoms with Crippen molar-refractivity contribution in [2.75, 3.05) is 0 Å². The molecule has 2 heteroatoms. The molecule has 0 spiro atoms. The summed E-state index contributed by atoms with van der Waals surface area (Å²) in [5, 5.41) is 9.65. The number of rotatable bonds is 10. The zero-order valence-corrected chi connectivity index (χ0v) is 14.6. The van der Waals surface area contributed by atoms with E-state index < -0.39 is 5.60 Å². The largest absolute Gasteiger partial charge is 0.357 e. The number of nitrogens with zero attached hydrogens (tertiary/aromatic N) is 1. The number of ether oxygens (including phenoxy) is 1. The van der Waals surface area contributed by atoms with Crippen LogP contribution >= 0.6 is 0 Å². The summed E-state index contributed by atoms with van der Waals surface area (Å²) in [5.74, 6) is 0. The molecule has 2 atom stereocenters. The van der Waals surface area contributed by atoms with Crippen LogP contribution in [0.4, 0.5) is 0 Å². The van der Waals surface area contributed by atoms with Gasteiger partial charge >= 0.3 is 0 Å². The van der Waals surface area contributed by atoms with Gasteiger partial charge in [0.1, 0.15) is 0 Å². The van der Waals surface area contributed by atoms with Gasteiger partial charge in [-0.05, 0) is 31.6 Å². The van der Waals surface area contributed by atoms with Crippen LogP contribution < -0.4 is 0 Å². The third-order valence-electron chi connectivity index (χ3n) is 4.16. The highest BCUT2D eigenvalue weighted by atomic mass is 16.5. The van der Waals surface area contributed by atoms with Gasteiger partial charge < -0.3 is 4.74 Å². The van der Waals surface area contributed by atoms with Gasteiger partial charge in [-0.15, -0.1) is 0 Å². The topological polar surface area (TPSA) is 33.0 Å². The summed E-state index contributed by atoms with van der Waals surface area (Å²) < 4.78 is 6.24. The fourth-order valence-electron chi connectivity index (χ4n) is 2.31. The van der Waals surface area contributed by atoms with Crippen molar-refractivity contribution in [2.24, 2.45) is 5.41 Å². The van der Waals surface area contributed by atoms with E-state index in [1.165, 1.54) is 25.7 Å². The Morgan fingerprint density at radius 3 is 2.00 bits per heavy atom. The molecule has 0 heterocycles. The zero-order chi connectivity index (χ0) is 15.6. The molecule has 0 N–H and O–H groups in total. The molecule has 0 aliphatic heterocycles. The molecule has 0 fully saturated rings. The van der Waals surface area contributed by atoms with Gasteiger partial charge in [0.25, 0.3) is 0 Å². The van der Waals surface area contributed by atoms with Crippen LogP contribution in [0.3, 0.4) is 0 Å². The highest BCUT2D eigenvalue weighted by molar-refractivity contribution is 5.02. The summed E-state index contributed by atoms with van der Waals surface area (Å²) >= 11 is 0. The fraction of sp³-hybridized carbons (Fsp3) is 0.944. The van der Waals surface area contributed by atoms with Crippen molar-refractivity contribution in [1.29, 1.82) is 5.26 Å². The molecule has 0 aliphatic carbocycles. The molecular formula is C18H35NO. The molecule has 0 aliphatic rings. The highest BCUT2D eigenvalue weighted by Gasteiger charge is 2.35. The van der Waals surface area contributed by atoms with Crippen molar-refractivity contribution in [2.45, 2.75) is 105 Å². The standard InChI is InChI=1S/C18H35NO/c1-7-9-10-11-12-14-18(15-19,13-8-2)20-16(3)17(4,5)6/h16H,7-14H2,1-6H3/t16-,18-/m1/s1. The Kier molecular flexibility index (Phi) is 9.14. The fourth-order valence-corrected chi connectivity index (χ4v) is 2.31. The zero-order valence-electron chi connectivity index (χ0n) is 14.6. The summed E-state index contributed by atoms with van der Waals surface area (Å²) in [5.41, 5.74) is -0.494. The van der Waals surface area contributed by atoms with Crippen LogP contribution in [-0.4, -0.2) is 11.7 Å². The van der Waals surface area contributed by atoms with Crippen LogP contribution in [0.5, 0.6) is 0 Å². The molecule has 0 aromatic rings. The molecule has 0 radical (unpaired) electrons. The third-order valence-corrected chi connectivity index (χ3v) is 4.16. The lowest BCUT2D eigenvalue weighted by molar-refractivity contribution is -0.102. The number of unbranched alkanes of at least 4 members (excludes halogenated alkanes) is 4. The second kappa shape index (κ2) is 9.40. The van der Waals surface area contributed by atoms with Crippen LogP contribution in [0.1, 0.15) is 92.9 Å². The minimum atomic E-state index is -0.576. The average Bonchev–Trinajstić information content (AvgIpc) is 2.37. The van der Waals surface area contributed by atoms with Crippen LogP contribution in [0.25, 0.3) is 0 Å². The highest BCUT2D eigenvalue weighted by Crippen LogP contribution is 2.32. The maximum Gasteiger partial charge on any atom is 0.154 e.